The van der Waals surface area contributed by atoms with Gasteiger partial charge < -0.3 is 9.88 Å². The molecular weight excluding hydrogens is 128 g/mol. The van der Waals surface area contributed by atoms with Crippen LogP contribution in [0.2, 0.25) is 0 Å². The van der Waals surface area contributed by atoms with Crippen molar-refractivity contribution in [3.05, 3.63) is 12.7 Å². The topological polar surface area (TPSA) is 42.7 Å². The van der Waals surface area contributed by atoms with Crippen molar-refractivity contribution in [1.29, 1.82) is 0 Å². The van der Waals surface area contributed by atoms with Gasteiger partial charge in [0.1, 0.15) is 12.7 Å². The minimum atomic E-state index is 0.469. The Morgan fingerprint density at radius 3 is 2.60 bits per heavy atom. The molecule has 0 aliphatic rings. The maximum absolute atomic E-state index is 3.69. The maximum Gasteiger partial charge on any atom is 0.119 e. The van der Waals surface area contributed by atoms with Gasteiger partial charge in [-0.15, -0.1) is 10.2 Å². The highest BCUT2D eigenvalue weighted by Crippen LogP contribution is 1.87. The Balaban J connectivity index is 2.40. The lowest BCUT2D eigenvalue weighted by atomic mass is 10.3. The minimum Gasteiger partial charge on any atom is -0.319 e. The van der Waals surface area contributed by atoms with Gasteiger partial charge in [0.15, 0.2) is 0 Å². The fraction of sp³-hybridized carbons (Fsp3) is 0.667. The monoisotopic (exact) mass is 140 g/mol. The van der Waals surface area contributed by atoms with Crippen molar-refractivity contribution in [3.63, 3.8) is 0 Å². The lowest BCUT2D eigenvalue weighted by Crippen LogP contribution is -2.26. The van der Waals surface area contributed by atoms with Crippen molar-refractivity contribution >= 4 is 0 Å². The lowest BCUT2D eigenvalue weighted by molar-refractivity contribution is 0.514. The van der Waals surface area contributed by atoms with Gasteiger partial charge in [-0.3, -0.25) is 0 Å². The second kappa shape index (κ2) is 3.31. The Morgan fingerprint density at radius 2 is 2.10 bits per heavy atom. The molecule has 0 fully saturated rings. The first kappa shape index (κ1) is 7.21. The molecule has 1 atom stereocenters. The van der Waals surface area contributed by atoms with Crippen LogP contribution >= 0.6 is 0 Å². The van der Waals surface area contributed by atoms with Gasteiger partial charge in [-0.05, 0) is 14.0 Å². The van der Waals surface area contributed by atoms with Crippen LogP contribution in [0.25, 0.3) is 0 Å². The molecule has 1 rings (SSSR count). The quantitative estimate of drug-likeness (QED) is 0.636. The van der Waals surface area contributed by atoms with E-state index >= 15 is 0 Å². The molecule has 0 saturated carbocycles. The number of nitrogens with one attached hydrogen (secondary N) is 1. The van der Waals surface area contributed by atoms with E-state index in [1.54, 1.807) is 12.7 Å². The fourth-order valence-corrected chi connectivity index (χ4v) is 0.724. The molecule has 0 bridgehead atoms. The van der Waals surface area contributed by atoms with Gasteiger partial charge in [0.2, 0.25) is 0 Å². The molecule has 0 amide bonds. The van der Waals surface area contributed by atoms with Gasteiger partial charge in [-0.2, -0.15) is 0 Å². The Morgan fingerprint density at radius 1 is 1.50 bits per heavy atom. The van der Waals surface area contributed by atoms with Crippen LogP contribution in [0.5, 0.6) is 0 Å². The van der Waals surface area contributed by atoms with Gasteiger partial charge in [0, 0.05) is 12.6 Å². The summed E-state index contributed by atoms with van der Waals surface area (Å²) in [5.74, 6) is 0. The zero-order valence-corrected chi connectivity index (χ0v) is 6.28. The average molecular weight is 140 g/mol. The molecule has 1 unspecified atom stereocenters. The highest BCUT2D eigenvalue weighted by Gasteiger charge is 1.97. The van der Waals surface area contributed by atoms with Gasteiger partial charge in [-0.25, -0.2) is 0 Å². The molecule has 0 aliphatic carbocycles. The zero-order chi connectivity index (χ0) is 7.40. The minimum absolute atomic E-state index is 0.469. The normalized spacial score (nSPS) is 13.4. The van der Waals surface area contributed by atoms with E-state index in [1.165, 1.54) is 0 Å². The summed E-state index contributed by atoms with van der Waals surface area (Å²) in [6.45, 7) is 3.03. The van der Waals surface area contributed by atoms with Crippen LogP contribution < -0.4 is 5.32 Å². The molecule has 0 aromatic carbocycles. The highest BCUT2D eigenvalue weighted by atomic mass is 15.2. The van der Waals surface area contributed by atoms with Gasteiger partial charge in [0.05, 0.1) is 0 Å². The number of hydrogen-bond acceptors (Lipinski definition) is 3. The summed E-state index contributed by atoms with van der Waals surface area (Å²) in [5, 5.41) is 10.5. The van der Waals surface area contributed by atoms with Crippen molar-refractivity contribution in [1.82, 2.24) is 20.1 Å². The van der Waals surface area contributed by atoms with Crippen molar-refractivity contribution in [2.24, 2.45) is 0 Å². The standard InChI is InChI=1S/C6H12N4/c1-6(7-2)3-10-4-8-9-5-10/h4-7H,3H2,1-2H3. The zero-order valence-electron chi connectivity index (χ0n) is 6.28. The predicted molar refractivity (Wildman–Crippen MR) is 38.5 cm³/mol. The third-order valence-corrected chi connectivity index (χ3v) is 1.44. The summed E-state index contributed by atoms with van der Waals surface area (Å²) >= 11 is 0. The molecule has 0 spiro atoms. The average Bonchev–Trinajstić information content (AvgIpc) is 2.40. The van der Waals surface area contributed by atoms with Crippen molar-refractivity contribution in [2.45, 2.75) is 19.5 Å². The summed E-state index contributed by atoms with van der Waals surface area (Å²) in [5.41, 5.74) is 0. The van der Waals surface area contributed by atoms with Crippen molar-refractivity contribution < 1.29 is 0 Å². The molecule has 1 heterocycles. The summed E-state index contributed by atoms with van der Waals surface area (Å²) in [6, 6.07) is 0.469. The van der Waals surface area contributed by atoms with Crippen molar-refractivity contribution in [2.75, 3.05) is 7.05 Å². The number of rotatable bonds is 3. The van der Waals surface area contributed by atoms with Gasteiger partial charge in [-0.1, -0.05) is 0 Å². The van der Waals surface area contributed by atoms with Crippen LogP contribution in [0.3, 0.4) is 0 Å². The fourth-order valence-electron chi connectivity index (χ4n) is 0.724. The highest BCUT2D eigenvalue weighted by molar-refractivity contribution is 4.65. The first-order chi connectivity index (χ1) is 4.83. The smallest absolute Gasteiger partial charge is 0.119 e. The number of aromatic nitrogens is 3. The molecule has 0 saturated heterocycles. The van der Waals surface area contributed by atoms with E-state index in [4.69, 9.17) is 0 Å². The molecule has 4 heteroatoms. The molecule has 56 valence electrons. The molecule has 4 nitrogen and oxygen atoms in total. The Labute approximate surface area is 60.3 Å². The number of likely N-dealkylation sites (N-methyl/N-ethyl adjacent to an activating group) is 1. The maximum atomic E-state index is 3.69. The van der Waals surface area contributed by atoms with E-state index in [9.17, 15) is 0 Å². The van der Waals surface area contributed by atoms with Crippen LogP contribution in [0.15, 0.2) is 12.7 Å². The Hall–Kier alpha value is -0.900. The Bertz CT molecular complexity index is 170. The van der Waals surface area contributed by atoms with Gasteiger partial charge in [0.25, 0.3) is 0 Å². The summed E-state index contributed by atoms with van der Waals surface area (Å²) < 4.78 is 1.95. The van der Waals surface area contributed by atoms with Crippen molar-refractivity contribution in [3.8, 4) is 0 Å². The second-order valence-electron chi connectivity index (χ2n) is 2.35. The van der Waals surface area contributed by atoms with Crippen LogP contribution in [-0.2, 0) is 6.54 Å². The van der Waals surface area contributed by atoms with E-state index in [0.29, 0.717) is 6.04 Å². The number of hydrogen-bond donors (Lipinski definition) is 1. The van der Waals surface area contributed by atoms with E-state index in [2.05, 4.69) is 22.4 Å². The molecule has 10 heavy (non-hydrogen) atoms. The lowest BCUT2D eigenvalue weighted by Gasteiger charge is -2.08. The molecule has 1 aromatic heterocycles. The second-order valence-corrected chi connectivity index (χ2v) is 2.35. The molecule has 1 aromatic rings. The third-order valence-electron chi connectivity index (χ3n) is 1.44. The molecule has 0 aliphatic heterocycles. The van der Waals surface area contributed by atoms with E-state index in [1.807, 2.05) is 11.6 Å². The van der Waals surface area contributed by atoms with E-state index < -0.39 is 0 Å². The Kier molecular flexibility index (Phi) is 2.39. The predicted octanol–water partition coefficient (Wildman–Crippen LogP) is -0.114. The first-order valence-electron chi connectivity index (χ1n) is 3.32. The van der Waals surface area contributed by atoms with Gasteiger partial charge >= 0.3 is 0 Å². The molecule has 0 radical (unpaired) electrons. The molecule has 1 N–H and O–H groups in total. The largest absolute Gasteiger partial charge is 0.319 e. The number of nitrogens with zero attached hydrogens (tertiary/aromatic N) is 3. The van der Waals surface area contributed by atoms with E-state index in [0.717, 1.165) is 6.54 Å². The SMILES string of the molecule is CNC(C)Cn1cnnc1. The van der Waals surface area contributed by atoms with Crippen LogP contribution in [0, 0.1) is 0 Å². The first-order valence-corrected chi connectivity index (χ1v) is 3.32. The summed E-state index contributed by atoms with van der Waals surface area (Å²) in [7, 11) is 1.94. The van der Waals surface area contributed by atoms with Crippen LogP contribution in [0.4, 0.5) is 0 Å². The molecular formula is C6H12N4. The summed E-state index contributed by atoms with van der Waals surface area (Å²) in [4.78, 5) is 0. The third kappa shape index (κ3) is 1.80. The van der Waals surface area contributed by atoms with Crippen LogP contribution in [-0.4, -0.2) is 27.9 Å². The van der Waals surface area contributed by atoms with Crippen LogP contribution in [0.1, 0.15) is 6.92 Å². The van der Waals surface area contributed by atoms with E-state index in [-0.39, 0.29) is 0 Å². The summed E-state index contributed by atoms with van der Waals surface area (Å²) in [6.07, 6.45) is 3.43.